The van der Waals surface area contributed by atoms with Crippen LogP contribution >= 0.6 is 11.3 Å². The summed E-state index contributed by atoms with van der Waals surface area (Å²) < 4.78 is 11.1. The Labute approximate surface area is 236 Å². The summed E-state index contributed by atoms with van der Waals surface area (Å²) in [7, 11) is 1.52. The average Bonchev–Trinajstić information content (AvgIpc) is 3.36. The van der Waals surface area contributed by atoms with E-state index in [0.717, 1.165) is 28.0 Å². The van der Waals surface area contributed by atoms with Crippen LogP contribution in [-0.4, -0.2) is 30.0 Å². The molecule has 0 atom stereocenters. The molecular weight excluding hydrogens is 528 g/mol. The molecule has 3 aromatic carbocycles. The Morgan fingerprint density at radius 3 is 2.12 bits per heavy atom. The van der Waals surface area contributed by atoms with E-state index >= 15 is 0 Å². The van der Waals surface area contributed by atoms with E-state index in [-0.39, 0.29) is 23.6 Å². The second-order valence-electron chi connectivity index (χ2n) is 8.87. The second-order valence-corrected chi connectivity index (χ2v) is 9.84. The second kappa shape index (κ2) is 13.4. The summed E-state index contributed by atoms with van der Waals surface area (Å²) in [6, 6.07) is 24.0. The van der Waals surface area contributed by atoms with Crippen molar-refractivity contribution in [3.63, 3.8) is 0 Å². The molecule has 0 spiro atoms. The predicted octanol–water partition coefficient (Wildman–Crippen LogP) is 5.50. The number of nitrogens with zero attached hydrogens (tertiary/aromatic N) is 2. The summed E-state index contributed by atoms with van der Waals surface area (Å²) >= 11 is 1.09. The summed E-state index contributed by atoms with van der Waals surface area (Å²) in [4.78, 5) is 43.9. The average molecular weight is 559 g/mol. The number of nitrogens with one attached hydrogen (secondary N) is 2. The van der Waals surface area contributed by atoms with Crippen molar-refractivity contribution >= 4 is 40.1 Å². The molecule has 2 N–H and O–H groups in total. The number of anilines is 2. The Balaban J connectivity index is 1.51. The summed E-state index contributed by atoms with van der Waals surface area (Å²) in [5.74, 6) is 0.0607. The van der Waals surface area contributed by atoms with Gasteiger partial charge in [0.1, 0.15) is 17.2 Å². The number of aromatic nitrogens is 1. The van der Waals surface area contributed by atoms with E-state index in [2.05, 4.69) is 15.6 Å². The molecule has 0 aliphatic heterocycles. The van der Waals surface area contributed by atoms with Crippen molar-refractivity contribution in [1.29, 1.82) is 0 Å². The zero-order valence-corrected chi connectivity index (χ0v) is 23.3. The van der Waals surface area contributed by atoms with Gasteiger partial charge in [0.2, 0.25) is 11.0 Å². The fourth-order valence-corrected chi connectivity index (χ4v) is 4.82. The van der Waals surface area contributed by atoms with Gasteiger partial charge in [0.15, 0.2) is 0 Å². The van der Waals surface area contributed by atoms with Crippen LogP contribution in [0.5, 0.6) is 5.75 Å². The van der Waals surface area contributed by atoms with Crippen LogP contribution in [0.25, 0.3) is 0 Å². The maximum Gasteiger partial charge on any atom is 0.421 e. The van der Waals surface area contributed by atoms with Gasteiger partial charge in [-0.1, -0.05) is 78.1 Å². The molecule has 0 radical (unpaired) electrons. The Morgan fingerprint density at radius 1 is 0.850 bits per heavy atom. The maximum absolute atomic E-state index is 13.4. The van der Waals surface area contributed by atoms with Crippen LogP contribution in [0.15, 0.2) is 78.9 Å². The molecular formula is C30H30N4O5S. The number of para-hydroxylation sites is 2. The van der Waals surface area contributed by atoms with Gasteiger partial charge < -0.3 is 20.1 Å². The highest BCUT2D eigenvalue weighted by atomic mass is 32.1. The number of aryl methyl sites for hydroxylation is 1. The molecule has 0 aliphatic carbocycles. The Kier molecular flexibility index (Phi) is 9.48. The van der Waals surface area contributed by atoms with Crippen molar-refractivity contribution in [2.45, 2.75) is 33.5 Å². The number of benzene rings is 3. The van der Waals surface area contributed by atoms with Gasteiger partial charge in [-0.25, -0.2) is 14.7 Å². The number of thiazole rings is 1. The molecule has 1 heterocycles. The van der Waals surface area contributed by atoms with Gasteiger partial charge in [0.25, 0.3) is 5.91 Å². The normalized spacial score (nSPS) is 10.5. The minimum atomic E-state index is -0.645. The lowest BCUT2D eigenvalue weighted by Gasteiger charge is -2.21. The first-order valence-corrected chi connectivity index (χ1v) is 13.4. The third-order valence-corrected chi connectivity index (χ3v) is 7.06. The number of carbonyl (C=O) groups is 3. The SMILES string of the molecule is COc1ccccc1N(C(=O)OCc1ccccc1)c1nc(C)c(C(=O)NCc2ccc(CNC(C)=O)cc2)s1. The highest BCUT2D eigenvalue weighted by molar-refractivity contribution is 7.17. The molecule has 9 nitrogen and oxygen atoms in total. The van der Waals surface area contributed by atoms with Gasteiger partial charge in [-0.05, 0) is 35.7 Å². The summed E-state index contributed by atoms with van der Waals surface area (Å²) in [5.41, 5.74) is 3.64. The van der Waals surface area contributed by atoms with Crippen LogP contribution in [-0.2, 0) is 29.2 Å². The third kappa shape index (κ3) is 7.23. The third-order valence-electron chi connectivity index (χ3n) is 5.91. The molecule has 40 heavy (non-hydrogen) atoms. The first-order valence-electron chi connectivity index (χ1n) is 12.6. The molecule has 0 saturated carbocycles. The predicted molar refractivity (Wildman–Crippen MR) is 154 cm³/mol. The molecule has 0 aliphatic rings. The Morgan fingerprint density at radius 2 is 1.48 bits per heavy atom. The number of hydrogen-bond donors (Lipinski definition) is 2. The van der Waals surface area contributed by atoms with E-state index in [0.29, 0.717) is 35.1 Å². The number of hydrogen-bond acceptors (Lipinski definition) is 7. The van der Waals surface area contributed by atoms with Gasteiger partial charge >= 0.3 is 6.09 Å². The largest absolute Gasteiger partial charge is 0.495 e. The smallest absolute Gasteiger partial charge is 0.421 e. The molecule has 0 bridgehead atoms. The zero-order chi connectivity index (χ0) is 28.5. The standard InChI is InChI=1S/C30H30N4O5S/c1-20-27(28(36)32-18-23-15-13-22(14-16-23)17-31-21(2)35)40-29(33-20)34(25-11-7-8-12-26(25)38-3)30(37)39-19-24-9-5-4-6-10-24/h4-16H,17-19H2,1-3H3,(H,31,35)(H,32,36). The first kappa shape index (κ1) is 28.3. The lowest BCUT2D eigenvalue weighted by atomic mass is 10.1. The lowest BCUT2D eigenvalue weighted by Crippen LogP contribution is -2.27. The number of ether oxygens (including phenoxy) is 2. The van der Waals surface area contributed by atoms with Gasteiger partial charge in [-0.15, -0.1) is 0 Å². The molecule has 0 unspecified atom stereocenters. The number of rotatable bonds is 10. The fraction of sp³-hybridized carbons (Fsp3) is 0.200. The van der Waals surface area contributed by atoms with Crippen LogP contribution in [0.4, 0.5) is 15.6 Å². The van der Waals surface area contributed by atoms with E-state index in [4.69, 9.17) is 9.47 Å². The Bertz CT molecular complexity index is 1470. The number of methoxy groups -OCH3 is 1. The van der Waals surface area contributed by atoms with E-state index < -0.39 is 6.09 Å². The molecule has 1 aromatic heterocycles. The monoisotopic (exact) mass is 558 g/mol. The van der Waals surface area contributed by atoms with Gasteiger partial charge in [-0.3, -0.25) is 9.59 Å². The summed E-state index contributed by atoms with van der Waals surface area (Å²) in [6.45, 7) is 4.02. The molecule has 10 heteroatoms. The Hall–Kier alpha value is -4.70. The van der Waals surface area contributed by atoms with Gasteiger partial charge in [0.05, 0.1) is 18.5 Å². The fourth-order valence-electron chi connectivity index (χ4n) is 3.83. The van der Waals surface area contributed by atoms with Crippen LogP contribution in [0.1, 0.15) is 39.0 Å². The van der Waals surface area contributed by atoms with Gasteiger partial charge in [0, 0.05) is 20.0 Å². The van der Waals surface area contributed by atoms with E-state index in [9.17, 15) is 14.4 Å². The topological polar surface area (TPSA) is 110 Å². The van der Waals surface area contributed by atoms with Crippen LogP contribution < -0.4 is 20.3 Å². The van der Waals surface area contributed by atoms with Crippen LogP contribution in [0.3, 0.4) is 0 Å². The highest BCUT2D eigenvalue weighted by Gasteiger charge is 2.28. The van der Waals surface area contributed by atoms with Crippen molar-refractivity contribution in [2.24, 2.45) is 0 Å². The van der Waals surface area contributed by atoms with Crippen molar-refractivity contribution < 1.29 is 23.9 Å². The summed E-state index contributed by atoms with van der Waals surface area (Å²) in [5, 5.41) is 5.96. The number of amides is 3. The summed E-state index contributed by atoms with van der Waals surface area (Å²) in [6.07, 6.45) is -0.645. The van der Waals surface area contributed by atoms with Crippen molar-refractivity contribution in [2.75, 3.05) is 12.0 Å². The lowest BCUT2D eigenvalue weighted by molar-refractivity contribution is -0.119. The highest BCUT2D eigenvalue weighted by Crippen LogP contribution is 2.37. The molecule has 3 amide bonds. The van der Waals surface area contributed by atoms with Crippen molar-refractivity contribution in [3.05, 3.63) is 106 Å². The number of carbonyl (C=O) groups excluding carboxylic acids is 3. The quantitative estimate of drug-likeness (QED) is 0.266. The minimum absolute atomic E-state index is 0.0760. The van der Waals surface area contributed by atoms with E-state index in [1.807, 2.05) is 54.6 Å². The van der Waals surface area contributed by atoms with E-state index in [1.165, 1.54) is 18.9 Å². The molecule has 206 valence electrons. The minimum Gasteiger partial charge on any atom is -0.495 e. The molecule has 0 saturated heterocycles. The van der Waals surface area contributed by atoms with Crippen molar-refractivity contribution in [3.8, 4) is 5.75 Å². The molecule has 4 aromatic rings. The maximum atomic E-state index is 13.4. The van der Waals surface area contributed by atoms with Crippen molar-refractivity contribution in [1.82, 2.24) is 15.6 Å². The van der Waals surface area contributed by atoms with Crippen LogP contribution in [0.2, 0.25) is 0 Å². The molecule has 4 rings (SSSR count). The van der Waals surface area contributed by atoms with Gasteiger partial charge in [-0.2, -0.15) is 0 Å². The zero-order valence-electron chi connectivity index (χ0n) is 22.5. The first-order chi connectivity index (χ1) is 19.4. The van der Waals surface area contributed by atoms with E-state index in [1.54, 1.807) is 31.2 Å². The molecule has 0 fully saturated rings. The van der Waals surface area contributed by atoms with Crippen LogP contribution in [0, 0.1) is 6.92 Å².